The van der Waals surface area contributed by atoms with Crippen molar-refractivity contribution < 1.29 is 27.5 Å². The van der Waals surface area contributed by atoms with Crippen LogP contribution < -0.4 is 0 Å². The molecule has 1 heterocycles. The van der Waals surface area contributed by atoms with Gasteiger partial charge in [-0.2, -0.15) is 4.31 Å². The summed E-state index contributed by atoms with van der Waals surface area (Å²) in [6, 6.07) is 5.62. The number of hydrogen-bond donors (Lipinski definition) is 0. The molecular weight excluding hydrogens is 322 g/mol. The van der Waals surface area contributed by atoms with Gasteiger partial charge in [-0.1, -0.05) is 6.07 Å². The minimum absolute atomic E-state index is 0.0413. The Morgan fingerprint density at radius 2 is 1.87 bits per heavy atom. The molecule has 1 atom stereocenters. The Morgan fingerprint density at radius 3 is 2.48 bits per heavy atom. The predicted octanol–water partition coefficient (Wildman–Crippen LogP) is 1.19. The maximum absolute atomic E-state index is 12.5. The molecule has 0 spiro atoms. The predicted molar refractivity (Wildman–Crippen MR) is 81.3 cm³/mol. The average Bonchev–Trinajstić information content (AvgIpc) is 3.09. The lowest BCUT2D eigenvalue weighted by Crippen LogP contribution is -2.28. The Balaban J connectivity index is 2.19. The third kappa shape index (κ3) is 3.89. The molecule has 0 bridgehead atoms. The zero-order valence-corrected chi connectivity index (χ0v) is 13.8. The summed E-state index contributed by atoms with van der Waals surface area (Å²) in [4.78, 5) is 23.4. The van der Waals surface area contributed by atoms with Gasteiger partial charge in [0.25, 0.3) is 0 Å². The van der Waals surface area contributed by atoms with E-state index in [9.17, 15) is 18.0 Å². The fourth-order valence-electron chi connectivity index (χ4n) is 2.30. The number of carbonyl (C=O) groups is 2. The van der Waals surface area contributed by atoms with E-state index < -0.39 is 28.1 Å². The largest absolute Gasteiger partial charge is 0.466 e. The first-order valence-electron chi connectivity index (χ1n) is 7.25. The molecule has 126 valence electrons. The van der Waals surface area contributed by atoms with E-state index in [4.69, 9.17) is 4.74 Å². The van der Waals surface area contributed by atoms with Crippen LogP contribution in [-0.2, 0) is 24.3 Å². The maximum atomic E-state index is 12.5. The van der Waals surface area contributed by atoms with Gasteiger partial charge in [-0.15, -0.1) is 0 Å². The summed E-state index contributed by atoms with van der Waals surface area (Å²) >= 11 is 0. The highest BCUT2D eigenvalue weighted by atomic mass is 32.2. The first-order valence-corrected chi connectivity index (χ1v) is 8.69. The van der Waals surface area contributed by atoms with Crippen LogP contribution in [0.2, 0.25) is 0 Å². The van der Waals surface area contributed by atoms with Gasteiger partial charge < -0.3 is 9.47 Å². The Kier molecular flexibility index (Phi) is 5.38. The number of methoxy groups -OCH3 is 1. The number of esters is 2. The lowest BCUT2D eigenvalue weighted by atomic mass is 10.2. The van der Waals surface area contributed by atoms with Crippen molar-refractivity contribution in [2.75, 3.05) is 20.2 Å². The maximum Gasteiger partial charge on any atom is 0.346 e. The molecule has 1 aliphatic rings. The fraction of sp³-hybridized carbons (Fsp3) is 0.467. The Hall–Kier alpha value is -1.93. The molecule has 0 unspecified atom stereocenters. The van der Waals surface area contributed by atoms with Crippen LogP contribution in [0.15, 0.2) is 29.2 Å². The van der Waals surface area contributed by atoms with E-state index in [0.29, 0.717) is 13.1 Å². The smallest absolute Gasteiger partial charge is 0.346 e. The zero-order chi connectivity index (χ0) is 17.0. The summed E-state index contributed by atoms with van der Waals surface area (Å²) in [5.74, 6) is -1.46. The van der Waals surface area contributed by atoms with Crippen LogP contribution >= 0.6 is 0 Å². The van der Waals surface area contributed by atoms with Crippen molar-refractivity contribution in [3.8, 4) is 0 Å². The van der Waals surface area contributed by atoms with Crippen molar-refractivity contribution >= 4 is 22.0 Å². The van der Waals surface area contributed by atoms with E-state index >= 15 is 0 Å². The highest BCUT2D eigenvalue weighted by Gasteiger charge is 2.28. The number of rotatable bonds is 5. The molecule has 1 aromatic carbocycles. The van der Waals surface area contributed by atoms with Gasteiger partial charge in [0.15, 0.2) is 6.10 Å². The summed E-state index contributed by atoms with van der Waals surface area (Å²) in [6.45, 7) is 2.35. The Morgan fingerprint density at radius 1 is 1.22 bits per heavy atom. The number of carbonyl (C=O) groups excluding carboxylic acids is 2. The highest BCUT2D eigenvalue weighted by molar-refractivity contribution is 7.89. The van der Waals surface area contributed by atoms with E-state index in [2.05, 4.69) is 4.74 Å². The van der Waals surface area contributed by atoms with Crippen molar-refractivity contribution in [3.63, 3.8) is 0 Å². The monoisotopic (exact) mass is 341 g/mol. The van der Waals surface area contributed by atoms with Crippen LogP contribution in [0.5, 0.6) is 0 Å². The normalized spacial score (nSPS) is 16.8. The molecule has 1 fully saturated rings. The molecule has 0 aliphatic carbocycles. The van der Waals surface area contributed by atoms with Gasteiger partial charge in [-0.05, 0) is 38.0 Å². The topological polar surface area (TPSA) is 90.0 Å². The molecule has 0 radical (unpaired) electrons. The summed E-state index contributed by atoms with van der Waals surface area (Å²) in [6.07, 6.45) is 0.598. The van der Waals surface area contributed by atoms with E-state index in [-0.39, 0.29) is 10.5 Å². The SMILES string of the molecule is COC(=O)[C@H](C)OC(=O)c1cccc(S(=O)(=O)N2CCCC2)c1. The average molecular weight is 341 g/mol. The number of ether oxygens (including phenoxy) is 2. The summed E-state index contributed by atoms with van der Waals surface area (Å²) < 4.78 is 35.8. The standard InChI is InChI=1S/C15H19NO6S/c1-11(14(17)21-2)22-15(18)12-6-5-7-13(10-12)23(19,20)16-8-3-4-9-16/h5-7,10-11H,3-4,8-9H2,1-2H3/t11-/m0/s1. The molecule has 8 heteroatoms. The first kappa shape index (κ1) is 17.4. The quantitative estimate of drug-likeness (QED) is 0.747. The van der Waals surface area contributed by atoms with E-state index in [1.54, 1.807) is 0 Å². The minimum Gasteiger partial charge on any atom is -0.466 e. The second-order valence-electron chi connectivity index (χ2n) is 5.21. The molecule has 0 saturated carbocycles. The molecule has 2 rings (SSSR count). The van der Waals surface area contributed by atoms with E-state index in [1.165, 1.54) is 42.6 Å². The number of benzene rings is 1. The van der Waals surface area contributed by atoms with Crippen LogP contribution in [0.1, 0.15) is 30.1 Å². The lowest BCUT2D eigenvalue weighted by Gasteiger charge is -2.16. The third-order valence-electron chi connectivity index (χ3n) is 3.59. The van der Waals surface area contributed by atoms with Crippen molar-refractivity contribution in [1.29, 1.82) is 0 Å². The van der Waals surface area contributed by atoms with Crippen molar-refractivity contribution in [2.45, 2.75) is 30.8 Å². The van der Waals surface area contributed by atoms with Crippen LogP contribution in [0.3, 0.4) is 0 Å². The molecule has 23 heavy (non-hydrogen) atoms. The summed E-state index contributed by atoms with van der Waals surface area (Å²) in [7, 11) is -2.42. The van der Waals surface area contributed by atoms with Crippen molar-refractivity contribution in [3.05, 3.63) is 29.8 Å². The van der Waals surface area contributed by atoms with Crippen LogP contribution in [0, 0.1) is 0 Å². The molecule has 7 nitrogen and oxygen atoms in total. The number of hydrogen-bond acceptors (Lipinski definition) is 6. The summed E-state index contributed by atoms with van der Waals surface area (Å²) in [5.41, 5.74) is 0.0704. The highest BCUT2D eigenvalue weighted by Crippen LogP contribution is 2.22. The Labute approximate surface area is 135 Å². The fourth-order valence-corrected chi connectivity index (χ4v) is 3.87. The van der Waals surface area contributed by atoms with Gasteiger partial charge in [-0.3, -0.25) is 0 Å². The van der Waals surface area contributed by atoms with E-state index in [0.717, 1.165) is 12.8 Å². The number of nitrogens with zero attached hydrogens (tertiary/aromatic N) is 1. The summed E-state index contributed by atoms with van der Waals surface area (Å²) in [5, 5.41) is 0. The lowest BCUT2D eigenvalue weighted by molar-refractivity contribution is -0.149. The molecule has 0 N–H and O–H groups in total. The van der Waals surface area contributed by atoms with Crippen LogP contribution in [0.25, 0.3) is 0 Å². The third-order valence-corrected chi connectivity index (χ3v) is 5.48. The van der Waals surface area contributed by atoms with Gasteiger partial charge in [-0.25, -0.2) is 18.0 Å². The number of sulfonamides is 1. The second kappa shape index (κ2) is 7.10. The molecular formula is C15H19NO6S. The van der Waals surface area contributed by atoms with Gasteiger partial charge in [0.05, 0.1) is 17.6 Å². The minimum atomic E-state index is -3.61. The van der Waals surface area contributed by atoms with Crippen molar-refractivity contribution in [2.24, 2.45) is 0 Å². The van der Waals surface area contributed by atoms with Crippen LogP contribution in [0.4, 0.5) is 0 Å². The second-order valence-corrected chi connectivity index (χ2v) is 7.15. The van der Waals surface area contributed by atoms with Gasteiger partial charge in [0.1, 0.15) is 0 Å². The molecule has 1 aromatic rings. The van der Waals surface area contributed by atoms with Crippen LogP contribution in [-0.4, -0.2) is 51.0 Å². The molecule has 1 aliphatic heterocycles. The van der Waals surface area contributed by atoms with Gasteiger partial charge in [0, 0.05) is 13.1 Å². The molecule has 0 amide bonds. The van der Waals surface area contributed by atoms with E-state index in [1.807, 2.05) is 0 Å². The first-order chi connectivity index (χ1) is 10.9. The molecule has 1 saturated heterocycles. The van der Waals surface area contributed by atoms with Crippen molar-refractivity contribution in [1.82, 2.24) is 4.31 Å². The Bertz CT molecular complexity index is 694. The van der Waals surface area contributed by atoms with Gasteiger partial charge >= 0.3 is 11.9 Å². The van der Waals surface area contributed by atoms with Gasteiger partial charge in [0.2, 0.25) is 10.0 Å². The zero-order valence-electron chi connectivity index (χ0n) is 13.0. The molecule has 0 aromatic heterocycles.